The molecule has 6 nitrogen and oxygen atoms in total. The van der Waals surface area contributed by atoms with Crippen molar-refractivity contribution >= 4 is 40.4 Å². The largest absolute Gasteiger partial charge is 0.319 e. The number of thiazole rings is 1. The zero-order valence-electron chi connectivity index (χ0n) is 13.8. The van der Waals surface area contributed by atoms with E-state index in [0.717, 1.165) is 15.6 Å². The molecule has 0 aliphatic rings. The van der Waals surface area contributed by atoms with Crippen molar-refractivity contribution in [1.29, 1.82) is 0 Å². The van der Waals surface area contributed by atoms with Gasteiger partial charge in [0, 0.05) is 17.0 Å². The van der Waals surface area contributed by atoms with Crippen LogP contribution in [0.4, 0.5) is 11.4 Å². The lowest BCUT2D eigenvalue weighted by Crippen LogP contribution is -2.22. The van der Waals surface area contributed by atoms with Crippen molar-refractivity contribution in [2.45, 2.75) is 16.5 Å². The van der Waals surface area contributed by atoms with E-state index < -0.39 is 10.2 Å². The van der Waals surface area contributed by atoms with E-state index in [2.05, 4.69) is 10.3 Å². The molecule has 0 saturated carbocycles. The maximum absolute atomic E-state index is 12.4. The Balaban J connectivity index is 1.67. The van der Waals surface area contributed by atoms with Crippen molar-refractivity contribution in [2.24, 2.45) is 0 Å². The first kappa shape index (κ1) is 18.1. The summed E-state index contributed by atoms with van der Waals surface area (Å²) in [5.74, 6) is -0.305. The summed E-state index contributed by atoms with van der Waals surface area (Å²) in [6, 6.07) is 15.9. The number of amides is 1. The van der Waals surface area contributed by atoms with Gasteiger partial charge in [0.15, 0.2) is 4.34 Å². The number of anilines is 1. The van der Waals surface area contributed by atoms with Gasteiger partial charge in [-0.3, -0.25) is 14.9 Å². The molecule has 0 aliphatic carbocycles. The number of carbonyl (C=O) groups excluding carboxylic acids is 1. The van der Waals surface area contributed by atoms with E-state index in [4.69, 9.17) is 0 Å². The molecule has 0 radical (unpaired) electrons. The van der Waals surface area contributed by atoms with Crippen LogP contribution in [0.1, 0.15) is 6.92 Å². The highest BCUT2D eigenvalue weighted by molar-refractivity contribution is 8.02. The van der Waals surface area contributed by atoms with Gasteiger partial charge in [0.2, 0.25) is 5.91 Å². The third kappa shape index (κ3) is 4.27. The van der Waals surface area contributed by atoms with Gasteiger partial charge < -0.3 is 5.32 Å². The average Bonchev–Trinajstić information content (AvgIpc) is 3.11. The van der Waals surface area contributed by atoms with Crippen molar-refractivity contribution < 1.29 is 9.72 Å². The molecule has 8 heteroatoms. The van der Waals surface area contributed by atoms with Gasteiger partial charge in [-0.25, -0.2) is 4.98 Å². The molecule has 0 saturated heterocycles. The SMILES string of the molecule is C[C@@H](Sc1nc(-c2ccccc2)cs1)C(=O)Nc1ccccc1[N+](=O)[O-]. The first-order valence-corrected chi connectivity index (χ1v) is 9.52. The zero-order chi connectivity index (χ0) is 18.5. The van der Waals surface area contributed by atoms with Gasteiger partial charge in [0.1, 0.15) is 5.69 Å². The topological polar surface area (TPSA) is 85.1 Å². The number of para-hydroxylation sites is 2. The number of carbonyl (C=O) groups is 1. The summed E-state index contributed by atoms with van der Waals surface area (Å²) >= 11 is 2.79. The molecular formula is C18H15N3O3S2. The normalized spacial score (nSPS) is 11.7. The minimum Gasteiger partial charge on any atom is -0.319 e. The van der Waals surface area contributed by atoms with Gasteiger partial charge in [-0.15, -0.1) is 11.3 Å². The van der Waals surface area contributed by atoms with Gasteiger partial charge in [-0.1, -0.05) is 54.2 Å². The Hall–Kier alpha value is -2.71. The number of hydrogen-bond donors (Lipinski definition) is 1. The fourth-order valence-electron chi connectivity index (χ4n) is 2.23. The Morgan fingerprint density at radius 1 is 1.19 bits per heavy atom. The van der Waals surface area contributed by atoms with Crippen molar-refractivity contribution in [3.63, 3.8) is 0 Å². The second-order valence-electron chi connectivity index (χ2n) is 5.39. The molecule has 0 unspecified atom stereocenters. The van der Waals surface area contributed by atoms with Gasteiger partial charge >= 0.3 is 0 Å². The minimum absolute atomic E-state index is 0.126. The second-order valence-corrected chi connectivity index (χ2v) is 7.83. The smallest absolute Gasteiger partial charge is 0.292 e. The van der Waals surface area contributed by atoms with Crippen molar-refractivity contribution in [3.05, 3.63) is 70.1 Å². The Kier molecular flexibility index (Phi) is 5.65. The van der Waals surface area contributed by atoms with Crippen LogP contribution in [-0.2, 0) is 4.79 Å². The number of aromatic nitrogens is 1. The lowest BCUT2D eigenvalue weighted by atomic mass is 10.2. The van der Waals surface area contributed by atoms with Crippen LogP contribution in [0.15, 0.2) is 64.3 Å². The molecule has 2 aromatic carbocycles. The Bertz CT molecular complexity index is 928. The van der Waals surface area contributed by atoms with Gasteiger partial charge in [-0.05, 0) is 13.0 Å². The molecule has 0 spiro atoms. The van der Waals surface area contributed by atoms with Gasteiger partial charge in [0.25, 0.3) is 5.69 Å². The Labute approximate surface area is 158 Å². The lowest BCUT2D eigenvalue weighted by Gasteiger charge is -2.10. The number of rotatable bonds is 6. The standard InChI is InChI=1S/C18H15N3O3S2/c1-12(17(22)19-14-9-5-6-10-16(14)21(23)24)26-18-20-15(11-25-18)13-7-3-2-4-8-13/h2-12H,1H3,(H,19,22)/t12-/m1/s1. The van der Waals surface area contributed by atoms with E-state index in [-0.39, 0.29) is 17.3 Å². The highest BCUT2D eigenvalue weighted by Gasteiger charge is 2.20. The van der Waals surface area contributed by atoms with Crippen LogP contribution < -0.4 is 5.32 Å². The van der Waals surface area contributed by atoms with Crippen molar-refractivity contribution in [2.75, 3.05) is 5.32 Å². The summed E-state index contributed by atoms with van der Waals surface area (Å²) in [5, 5.41) is 15.2. The number of benzene rings is 2. The predicted molar refractivity (Wildman–Crippen MR) is 105 cm³/mol. The second kappa shape index (κ2) is 8.11. The van der Waals surface area contributed by atoms with Crippen LogP contribution in [-0.4, -0.2) is 21.1 Å². The maximum atomic E-state index is 12.4. The summed E-state index contributed by atoms with van der Waals surface area (Å²) in [5.41, 5.74) is 1.95. The van der Waals surface area contributed by atoms with Crippen LogP contribution in [0, 0.1) is 10.1 Å². The molecule has 1 aromatic heterocycles. The Morgan fingerprint density at radius 3 is 2.62 bits per heavy atom. The van der Waals surface area contributed by atoms with E-state index in [1.165, 1.54) is 35.2 Å². The molecule has 3 aromatic rings. The number of hydrogen-bond acceptors (Lipinski definition) is 6. The molecule has 0 aliphatic heterocycles. The first-order valence-electron chi connectivity index (χ1n) is 7.76. The van der Waals surface area contributed by atoms with Gasteiger partial charge in [0.05, 0.1) is 15.9 Å². The molecule has 0 fully saturated rings. The fourth-order valence-corrected chi connectivity index (χ4v) is 4.20. The summed E-state index contributed by atoms with van der Waals surface area (Å²) in [6.45, 7) is 1.75. The number of nitrogens with one attached hydrogen (secondary N) is 1. The molecular weight excluding hydrogens is 370 g/mol. The van der Waals surface area contributed by atoms with E-state index in [9.17, 15) is 14.9 Å². The monoisotopic (exact) mass is 385 g/mol. The number of nitrogens with zero attached hydrogens (tertiary/aromatic N) is 2. The summed E-state index contributed by atoms with van der Waals surface area (Å²) in [4.78, 5) is 27.5. The zero-order valence-corrected chi connectivity index (χ0v) is 15.4. The summed E-state index contributed by atoms with van der Waals surface area (Å²) < 4.78 is 0.772. The minimum atomic E-state index is -0.514. The third-order valence-electron chi connectivity index (χ3n) is 3.56. The van der Waals surface area contributed by atoms with E-state index in [0.29, 0.717) is 0 Å². The summed E-state index contributed by atoms with van der Waals surface area (Å²) in [7, 11) is 0. The third-order valence-corrected chi connectivity index (χ3v) is 5.63. The molecule has 26 heavy (non-hydrogen) atoms. The van der Waals surface area contributed by atoms with Crippen LogP contribution in [0.2, 0.25) is 0 Å². The lowest BCUT2D eigenvalue weighted by molar-refractivity contribution is -0.383. The Morgan fingerprint density at radius 2 is 1.88 bits per heavy atom. The van der Waals surface area contributed by atoms with Crippen LogP contribution in [0.3, 0.4) is 0 Å². The molecule has 1 N–H and O–H groups in total. The van der Waals surface area contributed by atoms with Gasteiger partial charge in [-0.2, -0.15) is 0 Å². The molecule has 1 amide bonds. The highest BCUT2D eigenvalue weighted by atomic mass is 32.2. The van der Waals surface area contributed by atoms with Crippen LogP contribution in [0.5, 0.6) is 0 Å². The molecule has 132 valence electrons. The van der Waals surface area contributed by atoms with Crippen molar-refractivity contribution in [3.8, 4) is 11.3 Å². The number of thioether (sulfide) groups is 1. The number of nitro benzene ring substituents is 1. The highest BCUT2D eigenvalue weighted by Crippen LogP contribution is 2.31. The molecule has 1 heterocycles. The number of nitro groups is 1. The predicted octanol–water partition coefficient (Wildman–Crippen LogP) is 4.84. The van der Waals surface area contributed by atoms with Crippen molar-refractivity contribution in [1.82, 2.24) is 4.98 Å². The molecule has 3 rings (SSSR count). The van der Waals surface area contributed by atoms with Crippen LogP contribution >= 0.6 is 23.1 Å². The van der Waals surface area contributed by atoms with E-state index in [1.54, 1.807) is 19.1 Å². The maximum Gasteiger partial charge on any atom is 0.292 e. The quantitative estimate of drug-likeness (QED) is 0.373. The molecule has 1 atom stereocenters. The first-order chi connectivity index (χ1) is 12.5. The fraction of sp³-hybridized carbons (Fsp3) is 0.111. The van der Waals surface area contributed by atoms with E-state index in [1.807, 2.05) is 35.7 Å². The van der Waals surface area contributed by atoms with E-state index >= 15 is 0 Å². The molecule has 0 bridgehead atoms. The van der Waals surface area contributed by atoms with Crippen LogP contribution in [0.25, 0.3) is 11.3 Å². The summed E-state index contributed by atoms with van der Waals surface area (Å²) in [6.07, 6.45) is 0. The average molecular weight is 385 g/mol.